The quantitative estimate of drug-likeness (QED) is 0.660. The third-order valence-electron chi connectivity index (χ3n) is 4.35. The van der Waals surface area contributed by atoms with Crippen LogP contribution in [0.4, 0.5) is 5.82 Å². The van der Waals surface area contributed by atoms with Crippen molar-refractivity contribution in [1.82, 2.24) is 15.3 Å². The molecular weight excluding hydrogens is 356 g/mol. The van der Waals surface area contributed by atoms with E-state index in [0.29, 0.717) is 23.8 Å². The van der Waals surface area contributed by atoms with E-state index in [1.54, 1.807) is 6.07 Å². The molecule has 7 heteroatoms. The van der Waals surface area contributed by atoms with Gasteiger partial charge in [-0.25, -0.2) is 9.97 Å². The molecule has 0 atom stereocenters. The number of fused-ring (bicyclic) bond motifs is 1. The van der Waals surface area contributed by atoms with Gasteiger partial charge in [0.2, 0.25) is 6.79 Å². The molecule has 0 saturated carbocycles. The van der Waals surface area contributed by atoms with Crippen LogP contribution < -0.4 is 20.1 Å². The summed E-state index contributed by atoms with van der Waals surface area (Å²) in [6.45, 7) is 1.32. The van der Waals surface area contributed by atoms with Gasteiger partial charge in [-0.2, -0.15) is 0 Å². The fraction of sp³-hybridized carbons (Fsp3) is 0.190. The zero-order chi connectivity index (χ0) is 19.2. The maximum atomic E-state index is 12.4. The maximum Gasteiger partial charge on any atom is 0.270 e. The minimum absolute atomic E-state index is 0.228. The van der Waals surface area contributed by atoms with E-state index in [1.165, 1.54) is 11.9 Å². The van der Waals surface area contributed by atoms with Gasteiger partial charge < -0.3 is 20.1 Å². The Morgan fingerprint density at radius 2 is 1.82 bits per heavy atom. The van der Waals surface area contributed by atoms with Gasteiger partial charge in [0.15, 0.2) is 11.5 Å². The van der Waals surface area contributed by atoms with Gasteiger partial charge in [-0.05, 0) is 29.7 Å². The van der Waals surface area contributed by atoms with E-state index in [-0.39, 0.29) is 12.7 Å². The molecule has 0 saturated heterocycles. The first-order valence-electron chi connectivity index (χ1n) is 9.04. The fourth-order valence-corrected chi connectivity index (χ4v) is 2.88. The van der Waals surface area contributed by atoms with Crippen molar-refractivity contribution in [3.8, 4) is 11.5 Å². The Balaban J connectivity index is 1.31. The highest BCUT2D eigenvalue weighted by atomic mass is 16.7. The Morgan fingerprint density at radius 1 is 0.964 bits per heavy atom. The first-order chi connectivity index (χ1) is 13.8. The highest BCUT2D eigenvalue weighted by molar-refractivity contribution is 5.92. The van der Waals surface area contributed by atoms with Crippen molar-refractivity contribution in [3.05, 3.63) is 77.7 Å². The Hall–Kier alpha value is -3.61. The van der Waals surface area contributed by atoms with Crippen LogP contribution in [-0.4, -0.2) is 29.2 Å². The van der Waals surface area contributed by atoms with E-state index in [0.717, 1.165) is 24.3 Å². The normalized spacial score (nSPS) is 11.9. The minimum atomic E-state index is -0.258. The first kappa shape index (κ1) is 17.8. The third kappa shape index (κ3) is 4.37. The van der Waals surface area contributed by atoms with Gasteiger partial charge in [-0.1, -0.05) is 36.4 Å². The number of hydrogen-bond acceptors (Lipinski definition) is 6. The SMILES string of the molecule is O=C(NCc1ccc2c(c1)OCO2)c1cc(NCCc2ccccc2)ncn1. The Labute approximate surface area is 162 Å². The molecule has 1 amide bonds. The lowest BCUT2D eigenvalue weighted by Gasteiger charge is -2.08. The number of amides is 1. The van der Waals surface area contributed by atoms with Crippen molar-refractivity contribution in [2.45, 2.75) is 13.0 Å². The smallest absolute Gasteiger partial charge is 0.270 e. The van der Waals surface area contributed by atoms with Crippen LogP contribution in [-0.2, 0) is 13.0 Å². The van der Waals surface area contributed by atoms with Gasteiger partial charge >= 0.3 is 0 Å². The van der Waals surface area contributed by atoms with Crippen molar-refractivity contribution >= 4 is 11.7 Å². The lowest BCUT2D eigenvalue weighted by molar-refractivity contribution is 0.0945. The largest absolute Gasteiger partial charge is 0.454 e. The molecule has 0 bridgehead atoms. The summed E-state index contributed by atoms with van der Waals surface area (Å²) >= 11 is 0. The number of nitrogens with zero attached hydrogens (tertiary/aromatic N) is 2. The Bertz CT molecular complexity index is 963. The van der Waals surface area contributed by atoms with Crippen molar-refractivity contribution < 1.29 is 14.3 Å². The van der Waals surface area contributed by atoms with Gasteiger partial charge in [0.05, 0.1) is 0 Å². The van der Waals surface area contributed by atoms with Gasteiger partial charge in [0.1, 0.15) is 17.8 Å². The molecule has 7 nitrogen and oxygen atoms in total. The van der Waals surface area contributed by atoms with E-state index < -0.39 is 0 Å². The molecule has 4 rings (SSSR count). The molecule has 0 spiro atoms. The van der Waals surface area contributed by atoms with Gasteiger partial charge in [-0.3, -0.25) is 4.79 Å². The lowest BCUT2D eigenvalue weighted by Crippen LogP contribution is -2.24. The number of benzene rings is 2. The fourth-order valence-electron chi connectivity index (χ4n) is 2.88. The summed E-state index contributed by atoms with van der Waals surface area (Å²) in [5.74, 6) is 1.78. The number of carbonyl (C=O) groups is 1. The first-order valence-corrected chi connectivity index (χ1v) is 9.04. The Morgan fingerprint density at radius 3 is 2.71 bits per heavy atom. The van der Waals surface area contributed by atoms with E-state index >= 15 is 0 Å². The molecule has 0 unspecified atom stereocenters. The summed E-state index contributed by atoms with van der Waals surface area (Å²) in [5.41, 5.74) is 2.48. The number of rotatable bonds is 7. The van der Waals surface area contributed by atoms with Crippen molar-refractivity contribution in [3.63, 3.8) is 0 Å². The molecule has 1 aliphatic rings. The standard InChI is InChI=1S/C21H20N4O3/c26-21(23-12-16-6-7-18-19(10-16)28-14-27-18)17-11-20(25-13-24-17)22-9-8-15-4-2-1-3-5-15/h1-7,10-11,13H,8-9,12,14H2,(H,23,26)(H,22,24,25). The number of nitrogens with one attached hydrogen (secondary N) is 2. The second kappa shape index (κ2) is 8.39. The summed E-state index contributed by atoms with van der Waals surface area (Å²) in [5, 5.41) is 6.09. The lowest BCUT2D eigenvalue weighted by atomic mass is 10.1. The van der Waals surface area contributed by atoms with Crippen molar-refractivity contribution in [1.29, 1.82) is 0 Å². The molecule has 28 heavy (non-hydrogen) atoms. The van der Waals surface area contributed by atoms with Crippen LogP contribution >= 0.6 is 0 Å². The van der Waals surface area contributed by atoms with Gasteiger partial charge in [-0.15, -0.1) is 0 Å². The zero-order valence-corrected chi connectivity index (χ0v) is 15.2. The van der Waals surface area contributed by atoms with Crippen LogP contribution in [0.2, 0.25) is 0 Å². The summed E-state index contributed by atoms with van der Waals surface area (Å²) in [7, 11) is 0. The molecule has 142 valence electrons. The van der Waals surface area contributed by atoms with E-state index in [4.69, 9.17) is 9.47 Å². The number of ether oxygens (including phenoxy) is 2. The summed E-state index contributed by atoms with van der Waals surface area (Å²) in [6, 6.07) is 17.4. The van der Waals surface area contributed by atoms with E-state index in [1.807, 2.05) is 36.4 Å². The summed E-state index contributed by atoms with van der Waals surface area (Å²) in [4.78, 5) is 20.7. The predicted octanol–water partition coefficient (Wildman–Crippen LogP) is 2.79. The molecule has 2 aromatic carbocycles. The highest BCUT2D eigenvalue weighted by Gasteiger charge is 2.14. The van der Waals surface area contributed by atoms with Crippen LogP contribution in [0.3, 0.4) is 0 Å². The number of anilines is 1. The highest BCUT2D eigenvalue weighted by Crippen LogP contribution is 2.32. The van der Waals surface area contributed by atoms with Crippen LogP contribution in [0.5, 0.6) is 11.5 Å². The van der Waals surface area contributed by atoms with Crippen LogP contribution in [0.1, 0.15) is 21.6 Å². The molecule has 0 fully saturated rings. The predicted molar refractivity (Wildman–Crippen MR) is 104 cm³/mol. The number of carbonyl (C=O) groups excluding carboxylic acids is 1. The maximum absolute atomic E-state index is 12.4. The second-order valence-electron chi connectivity index (χ2n) is 6.32. The molecule has 0 aliphatic carbocycles. The molecule has 1 aromatic heterocycles. The molecule has 2 N–H and O–H groups in total. The summed E-state index contributed by atoms with van der Waals surface area (Å²) in [6.07, 6.45) is 2.26. The van der Waals surface area contributed by atoms with Crippen LogP contribution in [0.25, 0.3) is 0 Å². The average Bonchev–Trinajstić information content (AvgIpc) is 3.21. The third-order valence-corrected chi connectivity index (χ3v) is 4.35. The molecule has 1 aliphatic heterocycles. The summed E-state index contributed by atoms with van der Waals surface area (Å²) < 4.78 is 10.6. The molecular formula is C21H20N4O3. The topological polar surface area (TPSA) is 85.4 Å². The average molecular weight is 376 g/mol. The molecule has 0 radical (unpaired) electrons. The molecule has 2 heterocycles. The Kier molecular flexibility index (Phi) is 5.33. The minimum Gasteiger partial charge on any atom is -0.454 e. The van der Waals surface area contributed by atoms with E-state index in [9.17, 15) is 4.79 Å². The molecule has 3 aromatic rings. The second-order valence-corrected chi connectivity index (χ2v) is 6.32. The number of hydrogen-bond donors (Lipinski definition) is 2. The van der Waals surface area contributed by atoms with Crippen LogP contribution in [0.15, 0.2) is 60.9 Å². The number of aromatic nitrogens is 2. The van der Waals surface area contributed by atoms with Gasteiger partial charge in [0, 0.05) is 19.2 Å². The van der Waals surface area contributed by atoms with E-state index in [2.05, 4.69) is 32.7 Å². The van der Waals surface area contributed by atoms with Crippen molar-refractivity contribution in [2.75, 3.05) is 18.7 Å². The van der Waals surface area contributed by atoms with Crippen LogP contribution in [0, 0.1) is 0 Å². The monoisotopic (exact) mass is 376 g/mol. The van der Waals surface area contributed by atoms with Crippen molar-refractivity contribution in [2.24, 2.45) is 0 Å². The zero-order valence-electron chi connectivity index (χ0n) is 15.2. The van der Waals surface area contributed by atoms with Gasteiger partial charge in [0.25, 0.3) is 5.91 Å².